The number of hydrogen-bond acceptors (Lipinski definition) is 8. The molecule has 108 valence electrons. The minimum atomic E-state index is -1.29. The second kappa shape index (κ2) is 4.52. The van der Waals surface area contributed by atoms with Crippen molar-refractivity contribution in [3.8, 4) is 0 Å². The van der Waals surface area contributed by atoms with Crippen LogP contribution in [0.15, 0.2) is 11.1 Å². The number of nitrogen functional groups attached to an aromatic ring is 1. The predicted molar refractivity (Wildman–Crippen MR) is 65.6 cm³/mol. The third-order valence-corrected chi connectivity index (χ3v) is 3.32. The van der Waals surface area contributed by atoms with Crippen LogP contribution in [0, 0.1) is 0 Å². The van der Waals surface area contributed by atoms with Gasteiger partial charge in [-0.2, -0.15) is 5.10 Å². The molecule has 20 heavy (non-hydrogen) atoms. The fraction of sp³-hybridized carbons (Fsp3) is 0.500. The van der Waals surface area contributed by atoms with Crippen molar-refractivity contribution in [3.05, 3.63) is 16.7 Å². The van der Waals surface area contributed by atoms with Crippen LogP contribution in [-0.2, 0) is 4.74 Å². The van der Waals surface area contributed by atoms with Crippen LogP contribution in [0.4, 0.5) is 5.82 Å². The van der Waals surface area contributed by atoms with Gasteiger partial charge in [0.2, 0.25) is 0 Å². The Balaban J connectivity index is 2.12. The van der Waals surface area contributed by atoms with Gasteiger partial charge >= 0.3 is 0 Å². The Kier molecular flexibility index (Phi) is 2.94. The number of aliphatic hydroxyl groups is 3. The molecule has 10 heteroatoms. The van der Waals surface area contributed by atoms with E-state index < -0.39 is 36.7 Å². The maximum atomic E-state index is 11.6. The monoisotopic (exact) mass is 283 g/mol. The molecule has 0 bridgehead atoms. The van der Waals surface area contributed by atoms with Crippen molar-refractivity contribution in [3.63, 3.8) is 0 Å². The Morgan fingerprint density at radius 1 is 1.45 bits per heavy atom. The molecule has 1 fully saturated rings. The topological polar surface area (TPSA) is 160 Å². The lowest BCUT2D eigenvalue weighted by Crippen LogP contribution is -2.33. The number of aromatic amines is 1. The number of nitrogens with two attached hydrogens (primary N) is 1. The van der Waals surface area contributed by atoms with Crippen molar-refractivity contribution in [2.45, 2.75) is 24.5 Å². The molecule has 0 saturated carbocycles. The number of fused-ring (bicyclic) bond motifs is 1. The summed E-state index contributed by atoms with van der Waals surface area (Å²) in [6.45, 7) is -0.449. The van der Waals surface area contributed by atoms with Crippen molar-refractivity contribution < 1.29 is 20.1 Å². The normalized spacial score (nSPS) is 30.1. The second-order valence-electron chi connectivity index (χ2n) is 4.52. The number of imidazole rings is 1. The summed E-state index contributed by atoms with van der Waals surface area (Å²) < 4.78 is 6.68. The summed E-state index contributed by atoms with van der Waals surface area (Å²) in [7, 11) is 0. The number of H-pyrrole nitrogens is 1. The zero-order valence-corrected chi connectivity index (χ0v) is 10.2. The maximum Gasteiger partial charge on any atom is 0.292 e. The van der Waals surface area contributed by atoms with Crippen molar-refractivity contribution >= 4 is 16.9 Å². The Morgan fingerprint density at radius 2 is 2.20 bits per heavy atom. The summed E-state index contributed by atoms with van der Waals surface area (Å²) in [6, 6.07) is 0. The number of aliphatic hydroxyl groups excluding tert-OH is 3. The average Bonchev–Trinajstić information content (AvgIpc) is 2.99. The Morgan fingerprint density at radius 3 is 2.85 bits per heavy atom. The van der Waals surface area contributed by atoms with E-state index in [2.05, 4.69) is 15.2 Å². The third-order valence-electron chi connectivity index (χ3n) is 3.32. The Labute approximate surface area is 111 Å². The highest BCUT2D eigenvalue weighted by Crippen LogP contribution is 2.32. The first-order valence-corrected chi connectivity index (χ1v) is 5.87. The molecule has 3 heterocycles. The van der Waals surface area contributed by atoms with Crippen LogP contribution in [0.5, 0.6) is 0 Å². The van der Waals surface area contributed by atoms with Gasteiger partial charge in [-0.25, -0.2) is 10.1 Å². The van der Waals surface area contributed by atoms with Crippen LogP contribution in [0.3, 0.4) is 0 Å². The first kappa shape index (κ1) is 13.0. The summed E-state index contributed by atoms with van der Waals surface area (Å²) in [4.78, 5) is 15.5. The van der Waals surface area contributed by atoms with Crippen LogP contribution in [0.2, 0.25) is 0 Å². The largest absolute Gasteiger partial charge is 0.394 e. The Bertz CT molecular complexity index is 697. The van der Waals surface area contributed by atoms with Gasteiger partial charge in [-0.05, 0) is 0 Å². The van der Waals surface area contributed by atoms with Gasteiger partial charge in [0.15, 0.2) is 17.6 Å². The molecule has 1 saturated heterocycles. The molecule has 0 aromatic carbocycles. The van der Waals surface area contributed by atoms with Gasteiger partial charge in [-0.15, -0.1) is 0 Å². The van der Waals surface area contributed by atoms with Crippen molar-refractivity contribution in [2.24, 2.45) is 0 Å². The summed E-state index contributed by atoms with van der Waals surface area (Å²) in [6.07, 6.45) is -3.22. The summed E-state index contributed by atoms with van der Waals surface area (Å²) >= 11 is 0. The lowest BCUT2D eigenvalue weighted by atomic mass is 10.1. The molecule has 2 aromatic rings. The van der Waals surface area contributed by atoms with Gasteiger partial charge in [0.1, 0.15) is 23.8 Å². The SMILES string of the molecule is Nc1n[nH]c(=O)c2ncn([C@@H]3O[C@H](CO)[C@@H](O)[C@H]3O)c12. The van der Waals surface area contributed by atoms with Gasteiger partial charge in [0, 0.05) is 0 Å². The molecule has 1 aliphatic rings. The number of anilines is 1. The molecule has 0 aliphatic carbocycles. The summed E-state index contributed by atoms with van der Waals surface area (Å²) in [5, 5.41) is 34.6. The molecular formula is C10H13N5O5. The van der Waals surface area contributed by atoms with Crippen LogP contribution >= 0.6 is 0 Å². The van der Waals surface area contributed by atoms with E-state index in [1.807, 2.05) is 0 Å². The molecular weight excluding hydrogens is 270 g/mol. The maximum absolute atomic E-state index is 11.6. The van der Waals surface area contributed by atoms with E-state index in [0.717, 1.165) is 0 Å². The van der Waals surface area contributed by atoms with Crippen LogP contribution in [0.1, 0.15) is 6.23 Å². The van der Waals surface area contributed by atoms with Gasteiger partial charge in [-0.1, -0.05) is 0 Å². The standard InChI is InChI=1S/C10H13N5O5/c11-8-5-4(9(19)14-13-8)12-2-15(5)10-7(18)6(17)3(1-16)20-10/h2-3,6-7,10,16-18H,1H2,(H2,11,13)(H,14,19)/t3-,6-,7-,10-/m1/s1. The number of rotatable bonds is 2. The fourth-order valence-corrected chi connectivity index (χ4v) is 2.30. The second-order valence-corrected chi connectivity index (χ2v) is 4.52. The van der Waals surface area contributed by atoms with Gasteiger partial charge in [0.25, 0.3) is 5.56 Å². The minimum Gasteiger partial charge on any atom is -0.394 e. The van der Waals surface area contributed by atoms with E-state index in [4.69, 9.17) is 15.6 Å². The molecule has 6 N–H and O–H groups in total. The van der Waals surface area contributed by atoms with Crippen LogP contribution in [-0.4, -0.2) is 60.0 Å². The highest BCUT2D eigenvalue weighted by Gasteiger charge is 2.44. The number of nitrogens with zero attached hydrogens (tertiary/aromatic N) is 3. The summed E-state index contributed by atoms with van der Waals surface area (Å²) in [5.74, 6) is 0.00911. The highest BCUT2D eigenvalue weighted by atomic mass is 16.6. The molecule has 3 rings (SSSR count). The van der Waals surface area contributed by atoms with E-state index >= 15 is 0 Å². The van der Waals surface area contributed by atoms with Crippen molar-refractivity contribution in [1.82, 2.24) is 19.7 Å². The quantitative estimate of drug-likeness (QED) is 0.398. The molecule has 4 atom stereocenters. The smallest absolute Gasteiger partial charge is 0.292 e. The number of aromatic nitrogens is 4. The first-order chi connectivity index (χ1) is 9.54. The van der Waals surface area contributed by atoms with Crippen molar-refractivity contribution in [1.29, 1.82) is 0 Å². The molecule has 2 aromatic heterocycles. The molecule has 0 spiro atoms. The van der Waals surface area contributed by atoms with Gasteiger partial charge in [0.05, 0.1) is 12.9 Å². The van der Waals surface area contributed by atoms with Crippen LogP contribution in [0.25, 0.3) is 11.0 Å². The fourth-order valence-electron chi connectivity index (χ4n) is 2.30. The highest BCUT2D eigenvalue weighted by molar-refractivity contribution is 5.83. The summed E-state index contributed by atoms with van der Waals surface area (Å²) in [5.41, 5.74) is 5.41. The predicted octanol–water partition coefficient (Wildman–Crippen LogP) is -2.69. The molecule has 0 unspecified atom stereocenters. The minimum absolute atomic E-state index is 0.00911. The van der Waals surface area contributed by atoms with Crippen LogP contribution < -0.4 is 11.3 Å². The molecule has 1 aliphatic heterocycles. The number of ether oxygens (including phenoxy) is 1. The third kappa shape index (κ3) is 1.70. The van der Waals surface area contributed by atoms with E-state index in [1.165, 1.54) is 10.9 Å². The number of nitrogens with one attached hydrogen (secondary N) is 1. The van der Waals surface area contributed by atoms with Gasteiger partial charge < -0.3 is 25.8 Å². The first-order valence-electron chi connectivity index (χ1n) is 5.87. The zero-order valence-electron chi connectivity index (χ0n) is 10.2. The number of hydrogen-bond donors (Lipinski definition) is 5. The molecule has 0 amide bonds. The average molecular weight is 283 g/mol. The molecule has 0 radical (unpaired) electrons. The lowest BCUT2D eigenvalue weighted by molar-refractivity contribution is -0.0508. The van der Waals surface area contributed by atoms with E-state index in [1.54, 1.807) is 0 Å². The van der Waals surface area contributed by atoms with Crippen molar-refractivity contribution in [2.75, 3.05) is 12.3 Å². The zero-order chi connectivity index (χ0) is 14.4. The van der Waals surface area contributed by atoms with E-state index in [0.29, 0.717) is 0 Å². The van der Waals surface area contributed by atoms with Gasteiger partial charge in [-0.3, -0.25) is 9.36 Å². The molecule has 10 nitrogen and oxygen atoms in total. The lowest BCUT2D eigenvalue weighted by Gasteiger charge is -2.17. The van der Waals surface area contributed by atoms with E-state index in [9.17, 15) is 15.0 Å². The Hall–Kier alpha value is -2.01. The van der Waals surface area contributed by atoms with E-state index in [-0.39, 0.29) is 16.9 Å².